The molecule has 0 aliphatic heterocycles. The first-order valence-corrected chi connectivity index (χ1v) is 6.23. The van der Waals surface area contributed by atoms with E-state index in [4.69, 9.17) is 14.7 Å². The van der Waals surface area contributed by atoms with Gasteiger partial charge in [0.15, 0.2) is 0 Å². The minimum absolute atomic E-state index is 0.546. The van der Waals surface area contributed by atoms with Crippen LogP contribution in [0.5, 0.6) is 11.5 Å². The monoisotopic (exact) mass is 265 g/mol. The summed E-state index contributed by atoms with van der Waals surface area (Å²) in [7, 11) is 1.56. The van der Waals surface area contributed by atoms with Crippen molar-refractivity contribution in [1.82, 2.24) is 0 Å². The third-order valence-corrected chi connectivity index (χ3v) is 2.81. The van der Waals surface area contributed by atoms with Crippen molar-refractivity contribution in [3.63, 3.8) is 0 Å². The van der Waals surface area contributed by atoms with Gasteiger partial charge in [0.1, 0.15) is 17.3 Å². The van der Waals surface area contributed by atoms with Gasteiger partial charge in [0.2, 0.25) is 0 Å². The highest BCUT2D eigenvalue weighted by Crippen LogP contribution is 2.25. The fraction of sp³-hybridized carbons (Fsp3) is 0.118. The summed E-state index contributed by atoms with van der Waals surface area (Å²) < 4.78 is 11.0. The Labute approximate surface area is 118 Å². The van der Waals surface area contributed by atoms with Crippen LogP contribution in [0.15, 0.2) is 60.2 Å². The number of methoxy groups -OCH3 is 1. The summed E-state index contributed by atoms with van der Waals surface area (Å²) in [5.74, 6) is 2.11. The van der Waals surface area contributed by atoms with E-state index in [1.165, 1.54) is 0 Å². The fourth-order valence-corrected chi connectivity index (χ4v) is 1.84. The van der Waals surface area contributed by atoms with E-state index in [1.54, 1.807) is 14.0 Å². The van der Waals surface area contributed by atoms with Crippen molar-refractivity contribution in [2.75, 3.05) is 7.11 Å². The number of ether oxygens (including phenoxy) is 2. The van der Waals surface area contributed by atoms with E-state index < -0.39 is 0 Å². The number of hydrogen-bond donors (Lipinski definition) is 0. The zero-order chi connectivity index (χ0) is 14.4. The van der Waals surface area contributed by atoms with Gasteiger partial charge in [-0.2, -0.15) is 5.26 Å². The molecule has 0 heterocycles. The molecule has 2 aromatic rings. The first-order chi connectivity index (χ1) is 9.74. The Hall–Kier alpha value is -2.73. The lowest BCUT2D eigenvalue weighted by atomic mass is 10.1. The van der Waals surface area contributed by atoms with Gasteiger partial charge in [0.25, 0.3) is 0 Å². The molecule has 0 amide bonds. The van der Waals surface area contributed by atoms with Crippen molar-refractivity contribution < 1.29 is 9.47 Å². The van der Waals surface area contributed by atoms with E-state index in [1.807, 2.05) is 54.6 Å². The van der Waals surface area contributed by atoms with Crippen LogP contribution in [0.25, 0.3) is 5.76 Å². The summed E-state index contributed by atoms with van der Waals surface area (Å²) in [5.41, 5.74) is 1.40. The first kappa shape index (κ1) is 13.7. The Morgan fingerprint density at radius 3 is 2.10 bits per heavy atom. The molecule has 3 nitrogen and oxygen atoms in total. The van der Waals surface area contributed by atoms with Crippen molar-refractivity contribution in [2.45, 2.75) is 6.92 Å². The average Bonchev–Trinajstić information content (AvgIpc) is 2.50. The Kier molecular flexibility index (Phi) is 4.41. The second-order valence-electron chi connectivity index (χ2n) is 4.21. The smallest absolute Gasteiger partial charge is 0.139 e. The summed E-state index contributed by atoms with van der Waals surface area (Å²) in [6.07, 6.45) is 0. The number of para-hydroxylation sites is 1. The van der Waals surface area contributed by atoms with Crippen molar-refractivity contribution in [1.29, 1.82) is 5.26 Å². The van der Waals surface area contributed by atoms with Gasteiger partial charge >= 0.3 is 0 Å². The van der Waals surface area contributed by atoms with Crippen LogP contribution in [0.1, 0.15) is 12.5 Å². The lowest BCUT2D eigenvalue weighted by molar-refractivity contribution is 0.368. The maximum Gasteiger partial charge on any atom is 0.139 e. The van der Waals surface area contributed by atoms with Crippen LogP contribution >= 0.6 is 0 Å². The molecule has 0 unspecified atom stereocenters. The highest BCUT2D eigenvalue weighted by molar-refractivity contribution is 5.66. The standard InChI is InChI=1S/C17H15NO2/c1-13(12-18)17(19-2)14-8-10-16(11-9-14)20-15-6-4-3-5-7-15/h3-11H,1-2H3. The maximum absolute atomic E-state index is 8.93. The van der Waals surface area contributed by atoms with Crippen molar-refractivity contribution >= 4 is 5.76 Å². The molecule has 100 valence electrons. The van der Waals surface area contributed by atoms with Gasteiger partial charge in [-0.05, 0) is 43.3 Å². The second kappa shape index (κ2) is 6.44. The molecule has 0 aliphatic rings. The zero-order valence-corrected chi connectivity index (χ0v) is 11.5. The van der Waals surface area contributed by atoms with Gasteiger partial charge in [-0.3, -0.25) is 0 Å². The van der Waals surface area contributed by atoms with Crippen LogP contribution < -0.4 is 4.74 Å². The highest BCUT2D eigenvalue weighted by atomic mass is 16.5. The van der Waals surface area contributed by atoms with Crippen LogP contribution in [0.3, 0.4) is 0 Å². The van der Waals surface area contributed by atoms with Crippen LogP contribution in [0.2, 0.25) is 0 Å². The van der Waals surface area contributed by atoms with Crippen molar-refractivity contribution in [2.24, 2.45) is 0 Å². The Morgan fingerprint density at radius 1 is 0.950 bits per heavy atom. The molecule has 0 aromatic heterocycles. The van der Waals surface area contributed by atoms with E-state index in [0.717, 1.165) is 17.1 Å². The van der Waals surface area contributed by atoms with Crippen LogP contribution in [-0.2, 0) is 4.74 Å². The second-order valence-corrected chi connectivity index (χ2v) is 4.21. The van der Waals surface area contributed by atoms with Gasteiger partial charge < -0.3 is 9.47 Å². The minimum atomic E-state index is 0.546. The van der Waals surface area contributed by atoms with Crippen LogP contribution in [-0.4, -0.2) is 7.11 Å². The molecular formula is C17H15NO2. The molecule has 0 bridgehead atoms. The van der Waals surface area contributed by atoms with Crippen molar-refractivity contribution in [3.05, 3.63) is 65.7 Å². The van der Waals surface area contributed by atoms with Gasteiger partial charge in [-0.25, -0.2) is 0 Å². The van der Waals surface area contributed by atoms with Gasteiger partial charge in [0.05, 0.1) is 18.8 Å². The molecule has 0 N–H and O–H groups in total. The molecule has 0 spiro atoms. The van der Waals surface area contributed by atoms with E-state index in [0.29, 0.717) is 11.3 Å². The van der Waals surface area contributed by atoms with E-state index in [2.05, 4.69) is 6.07 Å². The van der Waals surface area contributed by atoms with Crippen molar-refractivity contribution in [3.8, 4) is 17.6 Å². The normalized spacial score (nSPS) is 11.2. The average molecular weight is 265 g/mol. The highest BCUT2D eigenvalue weighted by Gasteiger charge is 2.06. The molecule has 2 rings (SSSR count). The predicted octanol–water partition coefficient (Wildman–Crippen LogP) is 4.38. The molecule has 0 saturated carbocycles. The van der Waals surface area contributed by atoms with Gasteiger partial charge in [-0.1, -0.05) is 18.2 Å². The van der Waals surface area contributed by atoms with E-state index in [-0.39, 0.29) is 0 Å². The number of nitrogens with zero attached hydrogens (tertiary/aromatic N) is 1. The number of benzene rings is 2. The van der Waals surface area contributed by atoms with Gasteiger partial charge in [-0.15, -0.1) is 0 Å². The molecule has 0 fully saturated rings. The molecule has 20 heavy (non-hydrogen) atoms. The third kappa shape index (κ3) is 3.18. The molecule has 0 saturated heterocycles. The summed E-state index contributed by atoms with van der Waals surface area (Å²) >= 11 is 0. The summed E-state index contributed by atoms with van der Waals surface area (Å²) in [4.78, 5) is 0. The quantitative estimate of drug-likeness (QED) is 0.608. The Bertz CT molecular complexity index is 637. The maximum atomic E-state index is 8.93. The topological polar surface area (TPSA) is 42.2 Å². The zero-order valence-electron chi connectivity index (χ0n) is 11.5. The fourth-order valence-electron chi connectivity index (χ4n) is 1.84. The Balaban J connectivity index is 2.21. The van der Waals surface area contributed by atoms with Gasteiger partial charge in [0, 0.05) is 5.56 Å². The summed E-state index contributed by atoms with van der Waals surface area (Å²) in [6.45, 7) is 1.73. The number of hydrogen-bond acceptors (Lipinski definition) is 3. The SMILES string of the molecule is COC(=C(C)C#N)c1ccc(Oc2ccccc2)cc1. The minimum Gasteiger partial charge on any atom is -0.495 e. The lowest BCUT2D eigenvalue weighted by Gasteiger charge is -2.09. The molecular weight excluding hydrogens is 250 g/mol. The Morgan fingerprint density at radius 2 is 1.55 bits per heavy atom. The molecule has 0 radical (unpaired) electrons. The lowest BCUT2D eigenvalue weighted by Crippen LogP contribution is -1.91. The van der Waals surface area contributed by atoms with Crippen LogP contribution in [0, 0.1) is 11.3 Å². The molecule has 2 aromatic carbocycles. The summed E-state index contributed by atoms with van der Waals surface area (Å²) in [5, 5.41) is 8.93. The molecule has 0 aliphatic carbocycles. The van der Waals surface area contributed by atoms with E-state index in [9.17, 15) is 0 Å². The summed E-state index contributed by atoms with van der Waals surface area (Å²) in [6, 6.07) is 19.1. The third-order valence-electron chi connectivity index (χ3n) is 2.81. The van der Waals surface area contributed by atoms with Crippen LogP contribution in [0.4, 0.5) is 0 Å². The molecule has 3 heteroatoms. The number of allylic oxidation sites excluding steroid dienone is 1. The predicted molar refractivity (Wildman–Crippen MR) is 78.2 cm³/mol. The molecule has 0 atom stereocenters. The first-order valence-electron chi connectivity index (χ1n) is 6.23. The van der Waals surface area contributed by atoms with E-state index >= 15 is 0 Å². The number of rotatable bonds is 4. The largest absolute Gasteiger partial charge is 0.495 e. The number of nitriles is 1.